The summed E-state index contributed by atoms with van der Waals surface area (Å²) in [7, 11) is -3.37. The largest absolute Gasteiger partial charge is 0.343 e. The zero-order chi connectivity index (χ0) is 21.0. The Labute approximate surface area is 169 Å². The van der Waals surface area contributed by atoms with Crippen LogP contribution < -0.4 is 9.62 Å². The number of benzene rings is 2. The summed E-state index contributed by atoms with van der Waals surface area (Å²) in [6, 6.07) is 14.1. The Bertz CT molecular complexity index is 1090. The van der Waals surface area contributed by atoms with Crippen molar-refractivity contribution in [2.45, 2.75) is 20.4 Å². The molecular formula is C20H22N4O4S. The number of rotatable bonds is 7. The number of amides is 1. The summed E-state index contributed by atoms with van der Waals surface area (Å²) < 4.78 is 30.0. The molecule has 2 aromatic carbocycles. The SMILES string of the molecule is CCN(c1ccc(C(=O)NCc2nc(-c3ccc(C)cc3)no2)cc1)S(C)(=O)=O. The molecule has 0 unspecified atom stereocenters. The van der Waals surface area contributed by atoms with Crippen LogP contribution in [0.3, 0.4) is 0 Å². The predicted octanol–water partition coefficient (Wildman–Crippen LogP) is 2.76. The van der Waals surface area contributed by atoms with E-state index in [1.165, 1.54) is 4.31 Å². The highest BCUT2D eigenvalue weighted by molar-refractivity contribution is 7.92. The fourth-order valence-corrected chi connectivity index (χ4v) is 3.77. The Morgan fingerprint density at radius 1 is 1.10 bits per heavy atom. The zero-order valence-corrected chi connectivity index (χ0v) is 17.2. The second-order valence-corrected chi connectivity index (χ2v) is 8.44. The normalized spacial score (nSPS) is 11.3. The number of hydrogen-bond acceptors (Lipinski definition) is 6. The molecular weight excluding hydrogens is 392 g/mol. The third-order valence-electron chi connectivity index (χ3n) is 4.28. The first kappa shape index (κ1) is 20.5. The molecule has 0 spiro atoms. The number of carbonyl (C=O) groups is 1. The summed E-state index contributed by atoms with van der Waals surface area (Å²) in [6.07, 6.45) is 1.15. The Balaban J connectivity index is 1.63. The van der Waals surface area contributed by atoms with Gasteiger partial charge in [0.05, 0.1) is 18.5 Å². The van der Waals surface area contributed by atoms with Gasteiger partial charge in [0.15, 0.2) is 0 Å². The maximum atomic E-state index is 12.3. The van der Waals surface area contributed by atoms with Crippen LogP contribution in [0.15, 0.2) is 53.1 Å². The highest BCUT2D eigenvalue weighted by atomic mass is 32.2. The van der Waals surface area contributed by atoms with Gasteiger partial charge in [0, 0.05) is 17.7 Å². The molecule has 1 amide bonds. The molecule has 0 bridgehead atoms. The summed E-state index contributed by atoms with van der Waals surface area (Å²) in [5.74, 6) is 0.424. The maximum absolute atomic E-state index is 12.3. The van der Waals surface area contributed by atoms with E-state index >= 15 is 0 Å². The van der Waals surface area contributed by atoms with E-state index < -0.39 is 10.0 Å². The van der Waals surface area contributed by atoms with Gasteiger partial charge < -0.3 is 9.84 Å². The van der Waals surface area contributed by atoms with Crippen LogP contribution in [0, 0.1) is 6.92 Å². The van der Waals surface area contributed by atoms with Crippen molar-refractivity contribution in [2.75, 3.05) is 17.1 Å². The van der Waals surface area contributed by atoms with Gasteiger partial charge in [-0.05, 0) is 38.1 Å². The van der Waals surface area contributed by atoms with Crippen LogP contribution in [0.1, 0.15) is 28.7 Å². The first-order valence-electron chi connectivity index (χ1n) is 9.03. The fraction of sp³-hybridized carbons (Fsp3) is 0.250. The number of carbonyl (C=O) groups excluding carboxylic acids is 1. The van der Waals surface area contributed by atoms with Gasteiger partial charge in [0.2, 0.25) is 21.7 Å². The van der Waals surface area contributed by atoms with Crippen LogP contribution in [-0.2, 0) is 16.6 Å². The molecule has 0 fully saturated rings. The lowest BCUT2D eigenvalue weighted by molar-refractivity contribution is 0.0946. The molecule has 3 aromatic rings. The molecule has 1 heterocycles. The van der Waals surface area contributed by atoms with Crippen LogP contribution in [0.4, 0.5) is 5.69 Å². The average Bonchev–Trinajstić information content (AvgIpc) is 3.16. The smallest absolute Gasteiger partial charge is 0.251 e. The van der Waals surface area contributed by atoms with E-state index in [2.05, 4.69) is 15.5 Å². The van der Waals surface area contributed by atoms with E-state index in [1.807, 2.05) is 31.2 Å². The number of nitrogens with zero attached hydrogens (tertiary/aromatic N) is 3. The van der Waals surface area contributed by atoms with E-state index in [0.29, 0.717) is 29.5 Å². The standard InChI is InChI=1S/C20H22N4O4S/c1-4-24(29(3,26)27)17-11-9-16(10-12-17)20(25)21-13-18-22-19(23-28-18)15-7-5-14(2)6-8-15/h5-12H,4,13H2,1-3H3,(H,21,25). The van der Waals surface area contributed by atoms with E-state index in [-0.39, 0.29) is 12.5 Å². The molecule has 0 atom stereocenters. The van der Waals surface area contributed by atoms with Crippen LogP contribution in [0.5, 0.6) is 0 Å². The molecule has 0 saturated heterocycles. The highest BCUT2D eigenvalue weighted by Gasteiger charge is 2.16. The van der Waals surface area contributed by atoms with Crippen molar-refractivity contribution in [3.63, 3.8) is 0 Å². The topological polar surface area (TPSA) is 105 Å². The summed E-state index contributed by atoms with van der Waals surface area (Å²) in [6.45, 7) is 4.14. The fourth-order valence-electron chi connectivity index (χ4n) is 2.79. The average molecular weight is 414 g/mol. The van der Waals surface area contributed by atoms with Gasteiger partial charge in [-0.2, -0.15) is 4.98 Å². The molecule has 1 N–H and O–H groups in total. The predicted molar refractivity (Wildman–Crippen MR) is 110 cm³/mol. The Kier molecular flexibility index (Phi) is 5.97. The quantitative estimate of drug-likeness (QED) is 0.637. The van der Waals surface area contributed by atoms with Gasteiger partial charge in [-0.15, -0.1) is 0 Å². The summed E-state index contributed by atoms with van der Waals surface area (Å²) in [5.41, 5.74) is 2.87. The van der Waals surface area contributed by atoms with Crippen LogP contribution in [0.25, 0.3) is 11.4 Å². The van der Waals surface area contributed by atoms with Crippen LogP contribution in [-0.4, -0.2) is 37.3 Å². The molecule has 0 radical (unpaired) electrons. The van der Waals surface area contributed by atoms with Gasteiger partial charge in [0.1, 0.15) is 0 Å². The second-order valence-electron chi connectivity index (χ2n) is 6.54. The number of nitrogens with one attached hydrogen (secondary N) is 1. The van der Waals surface area contributed by atoms with Crippen molar-refractivity contribution in [3.8, 4) is 11.4 Å². The van der Waals surface area contributed by atoms with E-state index in [9.17, 15) is 13.2 Å². The van der Waals surface area contributed by atoms with Crippen LogP contribution in [0.2, 0.25) is 0 Å². The number of sulfonamides is 1. The van der Waals surface area contributed by atoms with Gasteiger partial charge in [-0.3, -0.25) is 9.10 Å². The highest BCUT2D eigenvalue weighted by Crippen LogP contribution is 2.18. The molecule has 0 saturated carbocycles. The zero-order valence-electron chi connectivity index (χ0n) is 16.4. The number of aromatic nitrogens is 2. The number of hydrogen-bond donors (Lipinski definition) is 1. The summed E-state index contributed by atoms with van der Waals surface area (Å²) in [4.78, 5) is 16.6. The number of anilines is 1. The lowest BCUT2D eigenvalue weighted by Gasteiger charge is -2.20. The lowest BCUT2D eigenvalue weighted by Crippen LogP contribution is -2.29. The van der Waals surface area contributed by atoms with E-state index in [4.69, 9.17) is 4.52 Å². The van der Waals surface area contributed by atoms with Crippen molar-refractivity contribution < 1.29 is 17.7 Å². The molecule has 0 aliphatic rings. The van der Waals surface area contributed by atoms with Crippen LogP contribution >= 0.6 is 0 Å². The third-order valence-corrected chi connectivity index (χ3v) is 5.55. The van der Waals surface area contributed by atoms with Crippen molar-refractivity contribution in [3.05, 3.63) is 65.5 Å². The monoisotopic (exact) mass is 414 g/mol. The molecule has 0 aliphatic carbocycles. The molecule has 3 rings (SSSR count). The summed E-state index contributed by atoms with van der Waals surface area (Å²) in [5, 5.41) is 6.65. The van der Waals surface area contributed by atoms with E-state index in [1.54, 1.807) is 31.2 Å². The Morgan fingerprint density at radius 2 is 1.76 bits per heavy atom. The number of aryl methyl sites for hydroxylation is 1. The molecule has 152 valence electrons. The molecule has 29 heavy (non-hydrogen) atoms. The lowest BCUT2D eigenvalue weighted by atomic mass is 10.1. The molecule has 9 heteroatoms. The first-order valence-corrected chi connectivity index (χ1v) is 10.9. The minimum absolute atomic E-state index is 0.0872. The summed E-state index contributed by atoms with van der Waals surface area (Å²) >= 11 is 0. The maximum Gasteiger partial charge on any atom is 0.251 e. The van der Waals surface area contributed by atoms with Gasteiger partial charge in [-0.1, -0.05) is 35.0 Å². The minimum Gasteiger partial charge on any atom is -0.343 e. The Hall–Kier alpha value is -3.20. The molecule has 8 nitrogen and oxygen atoms in total. The van der Waals surface area contributed by atoms with Crippen molar-refractivity contribution in [1.29, 1.82) is 0 Å². The van der Waals surface area contributed by atoms with Crippen molar-refractivity contribution in [1.82, 2.24) is 15.5 Å². The van der Waals surface area contributed by atoms with Gasteiger partial charge >= 0.3 is 0 Å². The third kappa shape index (κ3) is 5.00. The van der Waals surface area contributed by atoms with Crippen molar-refractivity contribution in [2.24, 2.45) is 0 Å². The molecule has 1 aromatic heterocycles. The molecule has 0 aliphatic heterocycles. The van der Waals surface area contributed by atoms with E-state index in [0.717, 1.165) is 17.4 Å². The van der Waals surface area contributed by atoms with Gasteiger partial charge in [-0.25, -0.2) is 8.42 Å². The second kappa shape index (κ2) is 8.44. The minimum atomic E-state index is -3.37. The Morgan fingerprint density at radius 3 is 2.34 bits per heavy atom. The van der Waals surface area contributed by atoms with Gasteiger partial charge in [0.25, 0.3) is 5.91 Å². The first-order chi connectivity index (χ1) is 13.8. The van der Waals surface area contributed by atoms with Crippen molar-refractivity contribution >= 4 is 21.6 Å².